The largest absolute Gasteiger partial charge is 0.496 e. The molecule has 2 aromatic rings. The lowest BCUT2D eigenvalue weighted by atomic mass is 10.2. The van der Waals surface area contributed by atoms with Gasteiger partial charge in [-0.05, 0) is 24.3 Å². The van der Waals surface area contributed by atoms with Crippen molar-refractivity contribution in [3.8, 4) is 5.75 Å². The van der Waals surface area contributed by atoms with Crippen LogP contribution in [-0.2, 0) is 21.4 Å². The van der Waals surface area contributed by atoms with Crippen LogP contribution in [0, 0.1) is 0 Å². The highest BCUT2D eigenvalue weighted by atomic mass is 32.2. The van der Waals surface area contributed by atoms with Crippen LogP contribution in [0.3, 0.4) is 0 Å². The molecule has 0 saturated carbocycles. The van der Waals surface area contributed by atoms with Crippen molar-refractivity contribution >= 4 is 15.9 Å². The second-order valence-corrected chi connectivity index (χ2v) is 7.06. The molecule has 0 heterocycles. The Hall–Kier alpha value is -2.42. The first-order valence-corrected chi connectivity index (χ1v) is 8.87. The van der Waals surface area contributed by atoms with E-state index in [0.29, 0.717) is 5.75 Å². The molecule has 1 amide bonds. The van der Waals surface area contributed by atoms with Crippen molar-refractivity contribution in [1.29, 1.82) is 0 Å². The molecule has 0 aliphatic carbocycles. The van der Waals surface area contributed by atoms with Crippen LogP contribution in [0.4, 0.5) is 0 Å². The lowest BCUT2D eigenvalue weighted by molar-refractivity contribution is -0.0258. The molecule has 134 valence electrons. The zero-order valence-corrected chi connectivity index (χ0v) is 15.0. The van der Waals surface area contributed by atoms with Crippen molar-refractivity contribution in [2.75, 3.05) is 21.3 Å². The fourth-order valence-electron chi connectivity index (χ4n) is 2.17. The van der Waals surface area contributed by atoms with Crippen LogP contribution in [-0.4, -0.2) is 40.1 Å². The van der Waals surface area contributed by atoms with Gasteiger partial charge in [0.1, 0.15) is 5.75 Å². The van der Waals surface area contributed by atoms with E-state index in [2.05, 4.69) is 5.32 Å². The molecule has 0 spiro atoms. The summed E-state index contributed by atoms with van der Waals surface area (Å²) in [6, 6.07) is 13.1. The van der Waals surface area contributed by atoms with Crippen LogP contribution in [0.2, 0.25) is 0 Å². The SMILES string of the molecule is COc1ccccc1CNC(=O)c1cccc(S(=O)(=O)N(C)OC)c1. The lowest BCUT2D eigenvalue weighted by Crippen LogP contribution is -2.27. The predicted octanol–water partition coefficient (Wildman–Crippen LogP) is 1.81. The first kappa shape index (κ1) is 18.9. The Morgan fingerprint density at radius 1 is 1.12 bits per heavy atom. The number of methoxy groups -OCH3 is 1. The predicted molar refractivity (Wildman–Crippen MR) is 92.6 cm³/mol. The van der Waals surface area contributed by atoms with Crippen LogP contribution in [0.5, 0.6) is 5.75 Å². The molecule has 25 heavy (non-hydrogen) atoms. The van der Waals surface area contributed by atoms with E-state index < -0.39 is 10.0 Å². The Bertz CT molecular complexity index is 852. The number of nitrogens with zero attached hydrogens (tertiary/aromatic N) is 1. The molecule has 0 radical (unpaired) electrons. The van der Waals surface area contributed by atoms with Gasteiger partial charge in [-0.25, -0.2) is 8.42 Å². The minimum absolute atomic E-state index is 0.0261. The average Bonchev–Trinajstić information content (AvgIpc) is 2.65. The van der Waals surface area contributed by atoms with Crippen LogP contribution in [0.25, 0.3) is 0 Å². The Morgan fingerprint density at radius 2 is 1.84 bits per heavy atom. The second kappa shape index (κ2) is 8.11. The number of amides is 1. The summed E-state index contributed by atoms with van der Waals surface area (Å²) in [5.41, 5.74) is 1.06. The quantitative estimate of drug-likeness (QED) is 0.758. The van der Waals surface area contributed by atoms with Gasteiger partial charge in [0.05, 0.1) is 19.1 Å². The topological polar surface area (TPSA) is 84.9 Å². The van der Waals surface area contributed by atoms with Crippen molar-refractivity contribution in [3.63, 3.8) is 0 Å². The second-order valence-electron chi connectivity index (χ2n) is 5.12. The van der Waals surface area contributed by atoms with Gasteiger partial charge in [-0.15, -0.1) is 0 Å². The number of hydroxylamine groups is 1. The first-order chi connectivity index (χ1) is 11.9. The monoisotopic (exact) mass is 364 g/mol. The molecule has 2 aromatic carbocycles. The highest BCUT2D eigenvalue weighted by Gasteiger charge is 2.21. The number of nitrogens with one attached hydrogen (secondary N) is 1. The number of carbonyl (C=O) groups excluding carboxylic acids is 1. The van der Waals surface area contributed by atoms with Crippen molar-refractivity contribution in [2.45, 2.75) is 11.4 Å². The van der Waals surface area contributed by atoms with Crippen LogP contribution >= 0.6 is 0 Å². The highest BCUT2D eigenvalue weighted by Crippen LogP contribution is 2.18. The third-order valence-corrected chi connectivity index (χ3v) is 5.30. The number of carbonyl (C=O) groups is 1. The minimum atomic E-state index is -3.81. The van der Waals surface area contributed by atoms with Crippen LogP contribution in [0.15, 0.2) is 53.4 Å². The molecule has 0 saturated heterocycles. The van der Waals surface area contributed by atoms with E-state index in [4.69, 9.17) is 9.57 Å². The zero-order chi connectivity index (χ0) is 18.4. The maximum absolute atomic E-state index is 12.3. The number of hydrogen-bond donors (Lipinski definition) is 1. The number of hydrogen-bond acceptors (Lipinski definition) is 5. The van der Waals surface area contributed by atoms with Gasteiger partial charge in [0.2, 0.25) is 0 Å². The first-order valence-electron chi connectivity index (χ1n) is 7.43. The van der Waals surface area contributed by atoms with E-state index in [0.717, 1.165) is 10.0 Å². The minimum Gasteiger partial charge on any atom is -0.496 e. The van der Waals surface area contributed by atoms with Crippen molar-refractivity contribution in [3.05, 3.63) is 59.7 Å². The van der Waals surface area contributed by atoms with Crippen LogP contribution in [0.1, 0.15) is 15.9 Å². The fraction of sp³-hybridized carbons (Fsp3) is 0.235. The Morgan fingerprint density at radius 3 is 2.52 bits per heavy atom. The van der Waals surface area contributed by atoms with E-state index in [1.165, 1.54) is 32.4 Å². The summed E-state index contributed by atoms with van der Waals surface area (Å²) in [4.78, 5) is 17.0. The number of rotatable bonds is 7. The standard InChI is InChI=1S/C17H20N2O5S/c1-19(24-3)25(21,22)15-9-6-8-13(11-15)17(20)18-12-14-7-4-5-10-16(14)23-2/h4-11H,12H2,1-3H3,(H,18,20). The lowest BCUT2D eigenvalue weighted by Gasteiger charge is -2.14. The van der Waals surface area contributed by atoms with Gasteiger partial charge in [-0.2, -0.15) is 0 Å². The Balaban J connectivity index is 2.17. The van der Waals surface area contributed by atoms with Crippen molar-refractivity contribution in [1.82, 2.24) is 9.79 Å². The van der Waals surface area contributed by atoms with Gasteiger partial charge >= 0.3 is 0 Å². The Labute approximate surface area is 147 Å². The van der Waals surface area contributed by atoms with Gasteiger partial charge in [-0.1, -0.05) is 28.7 Å². The third kappa shape index (κ3) is 4.36. The molecule has 8 heteroatoms. The number of para-hydroxylation sites is 1. The van der Waals surface area contributed by atoms with Gasteiger partial charge in [0, 0.05) is 24.7 Å². The highest BCUT2D eigenvalue weighted by molar-refractivity contribution is 7.89. The van der Waals surface area contributed by atoms with Gasteiger partial charge in [-0.3, -0.25) is 9.63 Å². The fourth-order valence-corrected chi connectivity index (χ4v) is 3.19. The molecule has 0 aromatic heterocycles. The summed E-state index contributed by atoms with van der Waals surface area (Å²) >= 11 is 0. The number of benzene rings is 2. The summed E-state index contributed by atoms with van der Waals surface area (Å²) in [6.45, 7) is 0.262. The van der Waals surface area contributed by atoms with Crippen LogP contribution < -0.4 is 10.1 Å². The molecule has 0 aliphatic rings. The zero-order valence-electron chi connectivity index (χ0n) is 14.2. The summed E-state index contributed by atoms with van der Waals surface area (Å²) in [6.07, 6.45) is 0. The van der Waals surface area contributed by atoms with Crippen molar-refractivity contribution in [2.24, 2.45) is 0 Å². The van der Waals surface area contributed by atoms with E-state index in [1.54, 1.807) is 19.2 Å². The van der Waals surface area contributed by atoms with Crippen molar-refractivity contribution < 1.29 is 22.8 Å². The molecule has 0 fully saturated rings. The molecule has 7 nitrogen and oxygen atoms in total. The van der Waals surface area contributed by atoms with E-state index in [9.17, 15) is 13.2 Å². The maximum Gasteiger partial charge on any atom is 0.264 e. The molecule has 2 rings (SSSR count). The van der Waals surface area contributed by atoms with Gasteiger partial charge < -0.3 is 10.1 Å². The van der Waals surface area contributed by atoms with Gasteiger partial charge in [0.15, 0.2) is 0 Å². The maximum atomic E-state index is 12.3. The smallest absolute Gasteiger partial charge is 0.264 e. The van der Waals surface area contributed by atoms with E-state index in [1.807, 2.05) is 18.2 Å². The van der Waals surface area contributed by atoms with E-state index >= 15 is 0 Å². The summed E-state index contributed by atoms with van der Waals surface area (Å²) < 4.78 is 30.5. The molecule has 0 atom stereocenters. The molecule has 0 bridgehead atoms. The Kier molecular flexibility index (Phi) is 6.13. The molecule has 1 N–H and O–H groups in total. The summed E-state index contributed by atoms with van der Waals surface area (Å²) in [7, 11) is 0.278. The average molecular weight is 364 g/mol. The normalized spacial score (nSPS) is 11.4. The molecule has 0 unspecified atom stereocenters. The summed E-state index contributed by atoms with van der Waals surface area (Å²) in [5.74, 6) is 0.281. The summed E-state index contributed by atoms with van der Waals surface area (Å²) in [5, 5.41) is 2.75. The molecule has 0 aliphatic heterocycles. The van der Waals surface area contributed by atoms with Gasteiger partial charge in [0.25, 0.3) is 15.9 Å². The van der Waals surface area contributed by atoms with E-state index in [-0.39, 0.29) is 22.9 Å². The number of sulfonamides is 1. The number of ether oxygens (including phenoxy) is 1. The third-order valence-electron chi connectivity index (χ3n) is 3.62. The molecular weight excluding hydrogens is 344 g/mol. The molecular formula is C17H20N2O5S.